The lowest BCUT2D eigenvalue weighted by molar-refractivity contribution is -0.116. The van der Waals surface area contributed by atoms with Crippen LogP contribution in [0.25, 0.3) is 0 Å². The molecule has 1 rings (SSSR count). The van der Waals surface area contributed by atoms with Crippen LogP contribution in [0.15, 0.2) is 18.2 Å². The third-order valence-electron chi connectivity index (χ3n) is 1.69. The summed E-state index contributed by atoms with van der Waals surface area (Å²) in [4.78, 5) is 13.0. The number of nitrogens with one attached hydrogen (secondary N) is 1. The normalized spacial score (nSPS) is 10.4. The lowest BCUT2D eigenvalue weighted by Gasteiger charge is -2.10. The molecule has 0 aliphatic rings. The number of rotatable bonds is 3. The van der Waals surface area contributed by atoms with Crippen LogP contribution in [0, 0.1) is 5.82 Å². The number of nitrogens with zero attached hydrogens (tertiary/aromatic N) is 1. The van der Waals surface area contributed by atoms with E-state index < -0.39 is 11.6 Å². The fraction of sp³-hybridized carbons (Fsp3) is 0.300. The van der Waals surface area contributed by atoms with Crippen LogP contribution in [-0.4, -0.2) is 36.6 Å². The molecule has 1 amide bonds. The van der Waals surface area contributed by atoms with Gasteiger partial charge in [0.25, 0.3) is 0 Å². The first-order valence-electron chi connectivity index (χ1n) is 4.42. The summed E-state index contributed by atoms with van der Waals surface area (Å²) < 4.78 is 12.9. The first-order valence-corrected chi connectivity index (χ1v) is 4.42. The van der Waals surface area contributed by atoms with Gasteiger partial charge in [-0.15, -0.1) is 0 Å². The third-order valence-corrected chi connectivity index (χ3v) is 1.69. The zero-order chi connectivity index (χ0) is 11.4. The van der Waals surface area contributed by atoms with Crippen LogP contribution in [0.3, 0.4) is 0 Å². The maximum Gasteiger partial charge on any atom is 0.238 e. The Balaban J connectivity index is 2.65. The number of benzene rings is 1. The van der Waals surface area contributed by atoms with Crippen LogP contribution in [0.1, 0.15) is 0 Å². The predicted octanol–water partition coefficient (Wildman–Crippen LogP) is 1.03. The Morgan fingerprint density at radius 2 is 2.20 bits per heavy atom. The lowest BCUT2D eigenvalue weighted by Crippen LogP contribution is -2.27. The molecule has 15 heavy (non-hydrogen) atoms. The van der Waals surface area contributed by atoms with E-state index in [0.717, 1.165) is 6.07 Å². The molecule has 0 aliphatic carbocycles. The van der Waals surface area contributed by atoms with Gasteiger partial charge in [0.05, 0.1) is 6.54 Å². The lowest BCUT2D eigenvalue weighted by atomic mass is 10.3. The van der Waals surface area contributed by atoms with Crippen molar-refractivity contribution in [2.24, 2.45) is 0 Å². The van der Waals surface area contributed by atoms with E-state index in [2.05, 4.69) is 5.32 Å². The summed E-state index contributed by atoms with van der Waals surface area (Å²) in [6.45, 7) is 0.225. The molecule has 0 bridgehead atoms. The first kappa shape index (κ1) is 11.5. The molecule has 0 saturated heterocycles. The monoisotopic (exact) mass is 212 g/mol. The van der Waals surface area contributed by atoms with Crippen molar-refractivity contribution in [1.82, 2.24) is 4.90 Å². The molecule has 0 atom stereocenters. The Labute approximate surface area is 87.3 Å². The van der Waals surface area contributed by atoms with Crippen molar-refractivity contribution in [1.29, 1.82) is 0 Å². The van der Waals surface area contributed by atoms with E-state index in [-0.39, 0.29) is 12.5 Å². The molecule has 2 N–H and O–H groups in total. The van der Waals surface area contributed by atoms with E-state index in [1.807, 2.05) is 0 Å². The van der Waals surface area contributed by atoms with Crippen LogP contribution >= 0.6 is 0 Å². The molecule has 0 fully saturated rings. The highest BCUT2D eigenvalue weighted by Gasteiger charge is 2.06. The van der Waals surface area contributed by atoms with E-state index in [1.54, 1.807) is 19.0 Å². The standard InChI is InChI=1S/C10H13FN2O2/c1-13(2)6-10(15)12-7-3-4-9(14)8(11)5-7/h3-5,14H,6H2,1-2H3,(H,12,15). The number of carbonyl (C=O) groups excluding carboxylic acids is 1. The van der Waals surface area contributed by atoms with Crippen molar-refractivity contribution in [3.05, 3.63) is 24.0 Å². The number of phenols is 1. The summed E-state index contributed by atoms with van der Waals surface area (Å²) in [7, 11) is 3.52. The van der Waals surface area contributed by atoms with Gasteiger partial charge in [-0.25, -0.2) is 4.39 Å². The number of anilines is 1. The molecule has 0 aromatic heterocycles. The summed E-state index contributed by atoms with van der Waals surface area (Å²) in [5.41, 5.74) is 0.331. The van der Waals surface area contributed by atoms with Gasteiger partial charge in [0.15, 0.2) is 11.6 Å². The SMILES string of the molecule is CN(C)CC(=O)Nc1ccc(O)c(F)c1. The Kier molecular flexibility index (Phi) is 3.62. The second kappa shape index (κ2) is 4.75. The van der Waals surface area contributed by atoms with E-state index in [0.29, 0.717) is 5.69 Å². The summed E-state index contributed by atoms with van der Waals surface area (Å²) in [6.07, 6.45) is 0. The van der Waals surface area contributed by atoms with Crippen LogP contribution in [0.2, 0.25) is 0 Å². The van der Waals surface area contributed by atoms with Crippen LogP contribution in [0.5, 0.6) is 5.75 Å². The minimum Gasteiger partial charge on any atom is -0.505 e. The zero-order valence-electron chi connectivity index (χ0n) is 8.62. The highest BCUT2D eigenvalue weighted by Crippen LogP contribution is 2.19. The first-order chi connectivity index (χ1) is 6.99. The van der Waals surface area contributed by atoms with Gasteiger partial charge in [-0.05, 0) is 26.2 Å². The highest BCUT2D eigenvalue weighted by molar-refractivity contribution is 5.92. The van der Waals surface area contributed by atoms with Gasteiger partial charge in [0.1, 0.15) is 0 Å². The largest absolute Gasteiger partial charge is 0.505 e. The number of hydrogen-bond acceptors (Lipinski definition) is 3. The molecule has 0 saturated carbocycles. The van der Waals surface area contributed by atoms with Crippen LogP contribution in [-0.2, 0) is 4.79 Å². The molecule has 0 aliphatic heterocycles. The predicted molar refractivity (Wildman–Crippen MR) is 55.2 cm³/mol. The average Bonchev–Trinajstić information content (AvgIpc) is 2.10. The van der Waals surface area contributed by atoms with Gasteiger partial charge in [-0.1, -0.05) is 0 Å². The Bertz CT molecular complexity index is 366. The van der Waals surface area contributed by atoms with Gasteiger partial charge < -0.3 is 15.3 Å². The molecule has 0 unspecified atom stereocenters. The highest BCUT2D eigenvalue weighted by atomic mass is 19.1. The quantitative estimate of drug-likeness (QED) is 0.736. The fourth-order valence-corrected chi connectivity index (χ4v) is 1.07. The number of carbonyl (C=O) groups is 1. The number of phenolic OH excluding ortho intramolecular Hbond substituents is 1. The molecule has 1 aromatic carbocycles. The number of likely N-dealkylation sites (N-methyl/N-ethyl adjacent to an activating group) is 1. The molecule has 1 aromatic rings. The fourth-order valence-electron chi connectivity index (χ4n) is 1.07. The van der Waals surface area contributed by atoms with Gasteiger partial charge in [0, 0.05) is 11.8 Å². The van der Waals surface area contributed by atoms with E-state index >= 15 is 0 Å². The van der Waals surface area contributed by atoms with Crippen molar-refractivity contribution in [3.8, 4) is 5.75 Å². The molecule has 0 heterocycles. The van der Waals surface area contributed by atoms with E-state index in [4.69, 9.17) is 5.11 Å². The summed E-state index contributed by atoms with van der Waals surface area (Å²) in [6, 6.07) is 3.70. The molecule has 0 radical (unpaired) electrons. The smallest absolute Gasteiger partial charge is 0.238 e. The second-order valence-corrected chi connectivity index (χ2v) is 3.45. The summed E-state index contributed by atoms with van der Waals surface area (Å²) >= 11 is 0. The van der Waals surface area contributed by atoms with Crippen molar-refractivity contribution in [2.75, 3.05) is 26.0 Å². The van der Waals surface area contributed by atoms with E-state index in [9.17, 15) is 9.18 Å². The van der Waals surface area contributed by atoms with E-state index in [1.165, 1.54) is 12.1 Å². The van der Waals surface area contributed by atoms with Crippen molar-refractivity contribution in [3.63, 3.8) is 0 Å². The molecular formula is C10H13FN2O2. The van der Waals surface area contributed by atoms with Crippen LogP contribution in [0.4, 0.5) is 10.1 Å². The van der Waals surface area contributed by atoms with Crippen molar-refractivity contribution < 1.29 is 14.3 Å². The topological polar surface area (TPSA) is 52.6 Å². The van der Waals surface area contributed by atoms with Crippen molar-refractivity contribution >= 4 is 11.6 Å². The third kappa shape index (κ3) is 3.55. The maximum absolute atomic E-state index is 12.9. The number of hydrogen-bond donors (Lipinski definition) is 2. The molecule has 82 valence electrons. The maximum atomic E-state index is 12.9. The molecular weight excluding hydrogens is 199 g/mol. The Morgan fingerprint density at radius 3 is 2.73 bits per heavy atom. The van der Waals surface area contributed by atoms with Gasteiger partial charge in [-0.2, -0.15) is 0 Å². The zero-order valence-corrected chi connectivity index (χ0v) is 8.62. The van der Waals surface area contributed by atoms with Gasteiger partial charge in [0.2, 0.25) is 5.91 Å². The number of amides is 1. The molecule has 4 nitrogen and oxygen atoms in total. The Hall–Kier alpha value is -1.62. The van der Waals surface area contributed by atoms with Gasteiger partial charge >= 0.3 is 0 Å². The second-order valence-electron chi connectivity index (χ2n) is 3.45. The summed E-state index contributed by atoms with van der Waals surface area (Å²) in [5.74, 6) is -1.41. The number of aromatic hydroxyl groups is 1. The number of halogens is 1. The molecule has 0 spiro atoms. The van der Waals surface area contributed by atoms with Crippen LogP contribution < -0.4 is 5.32 Å². The van der Waals surface area contributed by atoms with Gasteiger partial charge in [-0.3, -0.25) is 4.79 Å². The summed E-state index contributed by atoms with van der Waals surface area (Å²) in [5, 5.41) is 11.4. The average molecular weight is 212 g/mol. The minimum absolute atomic E-state index is 0.225. The molecule has 5 heteroatoms. The minimum atomic E-state index is -0.752. The van der Waals surface area contributed by atoms with Crippen molar-refractivity contribution in [2.45, 2.75) is 0 Å². The Morgan fingerprint density at radius 1 is 1.53 bits per heavy atom.